The molecule has 1 heterocycles. The highest BCUT2D eigenvalue weighted by atomic mass is 28.4. The fourth-order valence-corrected chi connectivity index (χ4v) is 13.9. The van der Waals surface area contributed by atoms with E-state index in [0.29, 0.717) is 19.1 Å². The maximum absolute atomic E-state index is 11.3. The number of ether oxygens (including phenoxy) is 1. The molecule has 0 bridgehead atoms. The Balaban J connectivity index is 2.87. The molecule has 1 aliphatic rings. The minimum atomic E-state index is -1.33. The number of rotatable bonds is 3. The van der Waals surface area contributed by atoms with Gasteiger partial charge in [-0.05, 0) is 12.8 Å². The lowest BCUT2D eigenvalue weighted by Crippen LogP contribution is -2.63. The molecule has 0 aromatic carbocycles. The Labute approximate surface area is 108 Å². The van der Waals surface area contributed by atoms with Gasteiger partial charge in [0.25, 0.3) is 0 Å². The molecular formula is C12H27NO2Si2. The van der Waals surface area contributed by atoms with Crippen LogP contribution in [0.4, 0.5) is 0 Å². The van der Waals surface area contributed by atoms with Gasteiger partial charge in [0.2, 0.25) is 0 Å². The van der Waals surface area contributed by atoms with Crippen molar-refractivity contribution in [3.05, 3.63) is 0 Å². The number of cyclic esters (lactones) is 1. The van der Waals surface area contributed by atoms with E-state index in [4.69, 9.17) is 4.74 Å². The fraction of sp³-hybridized carbons (Fsp3) is 0.917. The predicted octanol–water partition coefficient (Wildman–Crippen LogP) is 3.05. The second kappa shape index (κ2) is 5.24. The minimum absolute atomic E-state index is 0.0152. The number of hydrogen-bond donors (Lipinski definition) is 0. The van der Waals surface area contributed by atoms with E-state index in [1.165, 1.54) is 0 Å². The van der Waals surface area contributed by atoms with Crippen molar-refractivity contribution in [2.45, 2.75) is 64.6 Å². The first kappa shape index (κ1) is 14.9. The molecule has 1 aliphatic heterocycles. The molecule has 3 nitrogen and oxygen atoms in total. The van der Waals surface area contributed by atoms with Crippen LogP contribution in [-0.4, -0.2) is 39.3 Å². The Morgan fingerprint density at radius 2 is 1.59 bits per heavy atom. The Kier molecular flexibility index (Phi) is 4.60. The topological polar surface area (TPSA) is 29.5 Å². The minimum Gasteiger partial charge on any atom is -0.466 e. The van der Waals surface area contributed by atoms with Crippen molar-refractivity contribution in [1.82, 2.24) is 4.23 Å². The van der Waals surface area contributed by atoms with Crippen molar-refractivity contribution >= 4 is 22.4 Å². The SMILES string of the molecule is C[Si](C)(C)N(C1CCOC(=O)CC1)[Si](C)(C)C. The van der Waals surface area contributed by atoms with Gasteiger partial charge in [-0.1, -0.05) is 39.3 Å². The third-order valence-corrected chi connectivity index (χ3v) is 10.9. The van der Waals surface area contributed by atoms with Gasteiger partial charge in [-0.2, -0.15) is 0 Å². The van der Waals surface area contributed by atoms with Gasteiger partial charge in [0.1, 0.15) is 16.5 Å². The van der Waals surface area contributed by atoms with Gasteiger partial charge in [0.05, 0.1) is 6.61 Å². The maximum Gasteiger partial charge on any atom is 0.305 e. The summed E-state index contributed by atoms with van der Waals surface area (Å²) in [6.07, 6.45) is 2.59. The van der Waals surface area contributed by atoms with Crippen LogP contribution in [0.25, 0.3) is 0 Å². The molecule has 0 aromatic heterocycles. The molecule has 1 rings (SSSR count). The highest BCUT2D eigenvalue weighted by Crippen LogP contribution is 2.28. The van der Waals surface area contributed by atoms with Gasteiger partial charge in [0, 0.05) is 12.5 Å². The van der Waals surface area contributed by atoms with Crippen LogP contribution in [0, 0.1) is 0 Å². The third kappa shape index (κ3) is 4.23. The van der Waals surface area contributed by atoms with Crippen LogP contribution in [0.2, 0.25) is 39.3 Å². The molecule has 100 valence electrons. The zero-order valence-corrected chi connectivity index (χ0v) is 14.2. The lowest BCUT2D eigenvalue weighted by Gasteiger charge is -2.48. The molecule has 0 N–H and O–H groups in total. The quantitative estimate of drug-likeness (QED) is 0.585. The summed E-state index contributed by atoms with van der Waals surface area (Å²) in [5.41, 5.74) is 0. The van der Waals surface area contributed by atoms with E-state index in [2.05, 4.69) is 43.5 Å². The van der Waals surface area contributed by atoms with E-state index >= 15 is 0 Å². The Morgan fingerprint density at radius 1 is 1.06 bits per heavy atom. The Hall–Kier alpha value is -0.136. The molecule has 5 heteroatoms. The molecular weight excluding hydrogens is 246 g/mol. The number of nitrogens with zero attached hydrogens (tertiary/aromatic N) is 1. The summed E-state index contributed by atoms with van der Waals surface area (Å²) < 4.78 is 7.98. The summed E-state index contributed by atoms with van der Waals surface area (Å²) in [4.78, 5) is 11.3. The molecule has 1 atom stereocenters. The molecule has 0 aromatic rings. The average molecular weight is 274 g/mol. The molecule has 1 saturated heterocycles. The van der Waals surface area contributed by atoms with Crippen molar-refractivity contribution < 1.29 is 9.53 Å². The number of esters is 1. The monoisotopic (exact) mass is 273 g/mol. The van der Waals surface area contributed by atoms with Crippen LogP contribution < -0.4 is 0 Å². The van der Waals surface area contributed by atoms with Gasteiger partial charge < -0.3 is 8.97 Å². The molecule has 17 heavy (non-hydrogen) atoms. The van der Waals surface area contributed by atoms with Crippen LogP contribution >= 0.6 is 0 Å². The Bertz CT molecular complexity index is 267. The zero-order valence-electron chi connectivity index (χ0n) is 12.2. The maximum atomic E-state index is 11.3. The molecule has 0 spiro atoms. The van der Waals surface area contributed by atoms with E-state index < -0.39 is 16.5 Å². The van der Waals surface area contributed by atoms with E-state index in [1.807, 2.05) is 0 Å². The van der Waals surface area contributed by atoms with Crippen LogP contribution in [-0.2, 0) is 9.53 Å². The summed E-state index contributed by atoms with van der Waals surface area (Å²) in [5.74, 6) is -0.0152. The lowest BCUT2D eigenvalue weighted by molar-refractivity contribution is -0.142. The molecule has 0 radical (unpaired) electrons. The number of carbonyl (C=O) groups excluding carboxylic acids is 1. The smallest absolute Gasteiger partial charge is 0.305 e. The zero-order chi connectivity index (χ0) is 13.3. The van der Waals surface area contributed by atoms with Crippen molar-refractivity contribution in [1.29, 1.82) is 0 Å². The largest absolute Gasteiger partial charge is 0.466 e. The molecule has 0 aliphatic carbocycles. The van der Waals surface area contributed by atoms with Crippen LogP contribution in [0.5, 0.6) is 0 Å². The second-order valence-corrected chi connectivity index (χ2v) is 17.0. The summed E-state index contributed by atoms with van der Waals surface area (Å²) in [5, 5.41) is 0. The van der Waals surface area contributed by atoms with Crippen molar-refractivity contribution in [2.24, 2.45) is 0 Å². The van der Waals surface area contributed by atoms with Crippen LogP contribution in [0.15, 0.2) is 0 Å². The van der Waals surface area contributed by atoms with Gasteiger partial charge in [-0.3, -0.25) is 4.79 Å². The summed E-state index contributed by atoms with van der Waals surface area (Å²) in [6, 6.07) is 0.555. The van der Waals surface area contributed by atoms with Crippen molar-refractivity contribution in [3.8, 4) is 0 Å². The third-order valence-electron chi connectivity index (χ3n) is 3.21. The number of hydrogen-bond acceptors (Lipinski definition) is 3. The van der Waals surface area contributed by atoms with Crippen molar-refractivity contribution in [2.75, 3.05) is 6.61 Å². The second-order valence-electron chi connectivity index (χ2n) is 6.91. The van der Waals surface area contributed by atoms with Gasteiger partial charge in [-0.25, -0.2) is 0 Å². The highest BCUT2D eigenvalue weighted by molar-refractivity contribution is 6.89. The van der Waals surface area contributed by atoms with E-state index in [-0.39, 0.29) is 5.97 Å². The van der Waals surface area contributed by atoms with Crippen LogP contribution in [0.1, 0.15) is 19.3 Å². The summed E-state index contributed by atoms with van der Waals surface area (Å²) in [6.45, 7) is 15.1. The van der Waals surface area contributed by atoms with E-state index in [1.54, 1.807) is 0 Å². The predicted molar refractivity (Wildman–Crippen MR) is 77.1 cm³/mol. The van der Waals surface area contributed by atoms with Crippen LogP contribution in [0.3, 0.4) is 0 Å². The summed E-state index contributed by atoms with van der Waals surface area (Å²) >= 11 is 0. The molecule has 1 fully saturated rings. The Morgan fingerprint density at radius 3 is 2.06 bits per heavy atom. The van der Waals surface area contributed by atoms with Crippen molar-refractivity contribution in [3.63, 3.8) is 0 Å². The first-order valence-corrected chi connectivity index (χ1v) is 13.5. The molecule has 0 saturated carbocycles. The standard InChI is InChI=1S/C12H27NO2Si2/c1-16(2,3)13(17(4,5)6)11-7-8-12(14)15-10-9-11/h11H,7-10H2,1-6H3. The van der Waals surface area contributed by atoms with E-state index in [0.717, 1.165) is 12.8 Å². The molecule has 0 amide bonds. The number of carbonyl (C=O) groups is 1. The normalized spacial score (nSPS) is 23.5. The first-order valence-electron chi connectivity index (χ1n) is 6.57. The van der Waals surface area contributed by atoms with Gasteiger partial charge in [-0.15, -0.1) is 0 Å². The summed E-state index contributed by atoms with van der Waals surface area (Å²) in [7, 11) is -2.65. The highest BCUT2D eigenvalue weighted by Gasteiger charge is 2.39. The molecule has 1 unspecified atom stereocenters. The van der Waals surface area contributed by atoms with E-state index in [9.17, 15) is 4.79 Å². The fourth-order valence-electron chi connectivity index (χ4n) is 3.17. The lowest BCUT2D eigenvalue weighted by atomic mass is 10.1. The van der Waals surface area contributed by atoms with Gasteiger partial charge >= 0.3 is 5.97 Å². The van der Waals surface area contributed by atoms with Gasteiger partial charge in [0.15, 0.2) is 0 Å². The average Bonchev–Trinajstić information content (AvgIpc) is 2.26. The first-order chi connectivity index (χ1) is 7.62.